The van der Waals surface area contributed by atoms with Gasteiger partial charge in [0.05, 0.1) is 16.8 Å². The number of rotatable bonds is 4. The smallest absolute Gasteiger partial charge is 0.141 e. The van der Waals surface area contributed by atoms with Gasteiger partial charge < -0.3 is 10.5 Å². The number of aromatic nitrogens is 2. The van der Waals surface area contributed by atoms with E-state index in [1.165, 1.54) is 19.2 Å². The third kappa shape index (κ3) is 3.49. The molecule has 0 unspecified atom stereocenters. The van der Waals surface area contributed by atoms with E-state index in [4.69, 9.17) is 10.5 Å². The number of benzene rings is 1. The van der Waals surface area contributed by atoms with E-state index in [0.29, 0.717) is 21.6 Å². The van der Waals surface area contributed by atoms with E-state index < -0.39 is 11.6 Å². The lowest BCUT2D eigenvalue weighted by molar-refractivity contribution is 0.180. The van der Waals surface area contributed by atoms with Crippen molar-refractivity contribution in [2.24, 2.45) is 0 Å². The van der Waals surface area contributed by atoms with Crippen LogP contribution >= 0.6 is 15.9 Å². The molecule has 0 aliphatic heterocycles. The predicted molar refractivity (Wildman–Crippen MR) is 74.0 cm³/mol. The van der Waals surface area contributed by atoms with Crippen LogP contribution < -0.4 is 5.73 Å². The average Bonchev–Trinajstić information content (AvgIpc) is 2.34. The summed E-state index contributed by atoms with van der Waals surface area (Å²) in [6.07, 6.45) is 0.183. The Morgan fingerprint density at radius 1 is 1.20 bits per heavy atom. The standard InChI is InChI=1S/C13H12BrF2N3O/c1-20-6-10-12(14)13(17)19-11(18-10)4-7-2-8(15)5-9(16)3-7/h2-3,5H,4,6H2,1H3,(H2,17,18,19). The maximum atomic E-state index is 13.1. The normalized spacial score (nSPS) is 10.8. The van der Waals surface area contributed by atoms with Crippen molar-refractivity contribution >= 4 is 21.7 Å². The third-order valence-electron chi connectivity index (χ3n) is 2.56. The van der Waals surface area contributed by atoms with Crippen LogP contribution in [0.1, 0.15) is 17.1 Å². The number of anilines is 1. The average molecular weight is 344 g/mol. The first-order chi connectivity index (χ1) is 9.49. The Morgan fingerprint density at radius 2 is 1.85 bits per heavy atom. The van der Waals surface area contributed by atoms with Crippen molar-refractivity contribution in [3.05, 3.63) is 51.4 Å². The fourth-order valence-electron chi connectivity index (χ4n) is 1.77. The van der Waals surface area contributed by atoms with Gasteiger partial charge in [0.15, 0.2) is 0 Å². The number of nitrogens with two attached hydrogens (primary N) is 1. The highest BCUT2D eigenvalue weighted by molar-refractivity contribution is 9.10. The Hall–Kier alpha value is -1.60. The first kappa shape index (κ1) is 14.8. The predicted octanol–water partition coefficient (Wildman–Crippen LogP) is 2.84. The SMILES string of the molecule is COCc1nc(Cc2cc(F)cc(F)c2)nc(N)c1Br. The van der Waals surface area contributed by atoms with Gasteiger partial charge in [-0.3, -0.25) is 0 Å². The van der Waals surface area contributed by atoms with Gasteiger partial charge in [0.25, 0.3) is 0 Å². The first-order valence-corrected chi connectivity index (χ1v) is 6.53. The molecule has 20 heavy (non-hydrogen) atoms. The van der Waals surface area contributed by atoms with Crippen LogP contribution in [0.3, 0.4) is 0 Å². The molecule has 0 amide bonds. The van der Waals surface area contributed by atoms with Crippen LogP contribution in [-0.4, -0.2) is 17.1 Å². The van der Waals surface area contributed by atoms with Crippen molar-refractivity contribution in [1.29, 1.82) is 0 Å². The third-order valence-corrected chi connectivity index (χ3v) is 3.42. The van der Waals surface area contributed by atoms with Gasteiger partial charge >= 0.3 is 0 Å². The van der Waals surface area contributed by atoms with E-state index in [9.17, 15) is 8.78 Å². The minimum absolute atomic E-state index is 0.183. The van der Waals surface area contributed by atoms with Crippen molar-refractivity contribution < 1.29 is 13.5 Å². The molecule has 1 aromatic carbocycles. The number of hydrogen-bond donors (Lipinski definition) is 1. The van der Waals surface area contributed by atoms with Crippen LogP contribution in [0.25, 0.3) is 0 Å². The number of nitrogen functional groups attached to an aromatic ring is 1. The first-order valence-electron chi connectivity index (χ1n) is 5.74. The molecule has 0 atom stereocenters. The second kappa shape index (κ2) is 6.23. The van der Waals surface area contributed by atoms with Crippen LogP contribution in [0.5, 0.6) is 0 Å². The van der Waals surface area contributed by atoms with Crippen LogP contribution in [0.15, 0.2) is 22.7 Å². The number of ether oxygens (including phenoxy) is 1. The van der Waals surface area contributed by atoms with Crippen LogP contribution in [0, 0.1) is 11.6 Å². The molecule has 0 radical (unpaired) electrons. The number of halogens is 3. The fraction of sp³-hybridized carbons (Fsp3) is 0.231. The molecule has 0 aliphatic carbocycles. The lowest BCUT2D eigenvalue weighted by atomic mass is 10.1. The Kier molecular flexibility index (Phi) is 4.61. The zero-order chi connectivity index (χ0) is 14.7. The van der Waals surface area contributed by atoms with Gasteiger partial charge in [0.1, 0.15) is 23.3 Å². The molecule has 4 nitrogen and oxygen atoms in total. The molecule has 2 N–H and O–H groups in total. The number of hydrogen-bond acceptors (Lipinski definition) is 4. The largest absolute Gasteiger partial charge is 0.383 e. The Bertz CT molecular complexity index is 617. The molecule has 0 saturated carbocycles. The van der Waals surface area contributed by atoms with E-state index in [1.54, 1.807) is 0 Å². The molecule has 0 aliphatic rings. The second-order valence-corrected chi connectivity index (χ2v) is 4.97. The summed E-state index contributed by atoms with van der Waals surface area (Å²) in [6.45, 7) is 0.262. The minimum Gasteiger partial charge on any atom is -0.383 e. The molecule has 0 fully saturated rings. The second-order valence-electron chi connectivity index (χ2n) is 4.17. The van der Waals surface area contributed by atoms with Gasteiger partial charge in [-0.2, -0.15) is 0 Å². The summed E-state index contributed by atoms with van der Waals surface area (Å²) in [5.74, 6) is -0.633. The molecular weight excluding hydrogens is 332 g/mol. The molecule has 1 heterocycles. The van der Waals surface area contributed by atoms with Crippen LogP contribution in [0.4, 0.5) is 14.6 Å². The van der Waals surface area contributed by atoms with Gasteiger partial charge in [-0.15, -0.1) is 0 Å². The van der Waals surface area contributed by atoms with E-state index in [-0.39, 0.29) is 18.8 Å². The van der Waals surface area contributed by atoms with Crippen LogP contribution in [-0.2, 0) is 17.8 Å². The summed E-state index contributed by atoms with van der Waals surface area (Å²) in [7, 11) is 1.53. The van der Waals surface area contributed by atoms with Gasteiger partial charge in [-0.25, -0.2) is 18.7 Å². The maximum Gasteiger partial charge on any atom is 0.141 e. The molecule has 0 saturated heterocycles. The molecule has 106 valence electrons. The minimum atomic E-state index is -0.637. The summed E-state index contributed by atoms with van der Waals surface area (Å²) in [5, 5.41) is 0. The van der Waals surface area contributed by atoms with E-state index in [0.717, 1.165) is 6.07 Å². The molecule has 1 aromatic heterocycles. The van der Waals surface area contributed by atoms with Gasteiger partial charge in [-0.1, -0.05) is 0 Å². The zero-order valence-electron chi connectivity index (χ0n) is 10.7. The summed E-state index contributed by atoms with van der Waals surface area (Å²) in [4.78, 5) is 8.36. The quantitative estimate of drug-likeness (QED) is 0.927. The van der Waals surface area contributed by atoms with E-state index in [1.807, 2.05) is 0 Å². The highest BCUT2D eigenvalue weighted by atomic mass is 79.9. The summed E-state index contributed by atoms with van der Waals surface area (Å²) in [6, 6.07) is 3.29. The van der Waals surface area contributed by atoms with Crippen molar-refractivity contribution in [2.45, 2.75) is 13.0 Å². The molecule has 2 aromatic rings. The van der Waals surface area contributed by atoms with Gasteiger partial charge in [0, 0.05) is 19.6 Å². The fourth-order valence-corrected chi connectivity index (χ4v) is 2.06. The Morgan fingerprint density at radius 3 is 2.45 bits per heavy atom. The zero-order valence-corrected chi connectivity index (χ0v) is 12.2. The summed E-state index contributed by atoms with van der Waals surface area (Å²) < 4.78 is 31.9. The van der Waals surface area contributed by atoms with Crippen molar-refractivity contribution in [3.63, 3.8) is 0 Å². The molecule has 0 spiro atoms. The topological polar surface area (TPSA) is 61.0 Å². The number of nitrogens with zero attached hydrogens (tertiary/aromatic N) is 2. The van der Waals surface area contributed by atoms with Crippen LogP contribution in [0.2, 0.25) is 0 Å². The summed E-state index contributed by atoms with van der Waals surface area (Å²) >= 11 is 3.27. The molecule has 2 rings (SSSR count). The monoisotopic (exact) mass is 343 g/mol. The highest BCUT2D eigenvalue weighted by Crippen LogP contribution is 2.22. The van der Waals surface area contributed by atoms with Crippen molar-refractivity contribution in [1.82, 2.24) is 9.97 Å². The van der Waals surface area contributed by atoms with E-state index >= 15 is 0 Å². The van der Waals surface area contributed by atoms with Gasteiger partial charge in [-0.05, 0) is 33.6 Å². The maximum absolute atomic E-state index is 13.1. The Balaban J connectivity index is 2.33. The number of methoxy groups -OCH3 is 1. The molecule has 7 heteroatoms. The van der Waals surface area contributed by atoms with Crippen molar-refractivity contribution in [2.75, 3.05) is 12.8 Å². The highest BCUT2D eigenvalue weighted by Gasteiger charge is 2.11. The lowest BCUT2D eigenvalue weighted by Gasteiger charge is -2.08. The Labute approximate surface area is 123 Å². The summed E-state index contributed by atoms with van der Waals surface area (Å²) in [5.41, 5.74) is 6.79. The van der Waals surface area contributed by atoms with E-state index in [2.05, 4.69) is 25.9 Å². The van der Waals surface area contributed by atoms with Gasteiger partial charge in [0.2, 0.25) is 0 Å². The van der Waals surface area contributed by atoms with Crippen molar-refractivity contribution in [3.8, 4) is 0 Å². The molecule has 0 bridgehead atoms. The lowest BCUT2D eigenvalue weighted by Crippen LogP contribution is -2.07. The molecular formula is C13H12BrF2N3O.